The van der Waals surface area contributed by atoms with E-state index in [2.05, 4.69) is 11.9 Å². The number of amides is 1. The minimum Gasteiger partial charge on any atom is -0.399 e. The zero-order valence-corrected chi connectivity index (χ0v) is 10.9. The molecule has 4 heteroatoms. The molecule has 0 spiro atoms. The van der Waals surface area contributed by atoms with Gasteiger partial charge in [-0.1, -0.05) is 25.5 Å². The van der Waals surface area contributed by atoms with Crippen molar-refractivity contribution in [3.05, 3.63) is 29.8 Å². The number of nitrogen functional groups attached to an aromatic ring is 1. The number of aliphatic imine (C=N–C) groups is 1. The molecule has 0 fully saturated rings. The van der Waals surface area contributed by atoms with Gasteiger partial charge in [-0.3, -0.25) is 9.79 Å². The second-order valence-electron chi connectivity index (χ2n) is 4.83. The Balaban J connectivity index is 2.45. The van der Waals surface area contributed by atoms with Crippen molar-refractivity contribution in [1.29, 1.82) is 0 Å². The first-order valence-electron chi connectivity index (χ1n) is 6.24. The first kappa shape index (κ1) is 12.6. The number of carbonyl (C=O) groups excluding carboxylic acids is 1. The lowest BCUT2D eigenvalue weighted by atomic mass is 9.82. The molecule has 0 saturated heterocycles. The molecule has 1 aromatic rings. The molecule has 2 N–H and O–H groups in total. The van der Waals surface area contributed by atoms with E-state index in [4.69, 9.17) is 5.73 Å². The van der Waals surface area contributed by atoms with Crippen LogP contribution in [0.15, 0.2) is 29.3 Å². The van der Waals surface area contributed by atoms with Crippen LogP contribution < -0.4 is 5.73 Å². The molecule has 1 aromatic carbocycles. The molecule has 0 aromatic heterocycles. The van der Waals surface area contributed by atoms with Gasteiger partial charge in [0.15, 0.2) is 0 Å². The number of nitrogens with zero attached hydrogens (tertiary/aromatic N) is 2. The van der Waals surface area contributed by atoms with Gasteiger partial charge in [-0.25, -0.2) is 0 Å². The van der Waals surface area contributed by atoms with Crippen molar-refractivity contribution >= 4 is 17.9 Å². The van der Waals surface area contributed by atoms with Crippen LogP contribution in [0.4, 0.5) is 5.69 Å². The zero-order chi connectivity index (χ0) is 13.2. The first-order chi connectivity index (χ1) is 8.57. The van der Waals surface area contributed by atoms with E-state index in [1.807, 2.05) is 24.3 Å². The third-order valence-electron chi connectivity index (χ3n) is 3.40. The summed E-state index contributed by atoms with van der Waals surface area (Å²) < 4.78 is 0. The van der Waals surface area contributed by atoms with E-state index in [0.717, 1.165) is 18.4 Å². The Labute approximate surface area is 108 Å². The molecule has 1 amide bonds. The van der Waals surface area contributed by atoms with Crippen LogP contribution >= 0.6 is 0 Å². The highest BCUT2D eigenvalue weighted by atomic mass is 16.2. The second-order valence-corrected chi connectivity index (χ2v) is 4.83. The summed E-state index contributed by atoms with van der Waals surface area (Å²) in [6, 6.07) is 7.69. The normalized spacial score (nSPS) is 23.4. The van der Waals surface area contributed by atoms with Crippen LogP contribution in [0, 0.1) is 0 Å². The molecule has 0 bridgehead atoms. The highest BCUT2D eigenvalue weighted by molar-refractivity contribution is 5.90. The lowest BCUT2D eigenvalue weighted by molar-refractivity contribution is -0.128. The van der Waals surface area contributed by atoms with Crippen LogP contribution in [-0.4, -0.2) is 24.2 Å². The quantitative estimate of drug-likeness (QED) is 0.829. The predicted molar refractivity (Wildman–Crippen MR) is 73.3 cm³/mol. The van der Waals surface area contributed by atoms with Gasteiger partial charge >= 0.3 is 0 Å². The lowest BCUT2D eigenvalue weighted by Gasteiger charge is -2.34. The number of benzene rings is 1. The van der Waals surface area contributed by atoms with Crippen LogP contribution in [0.3, 0.4) is 0 Å². The van der Waals surface area contributed by atoms with Crippen molar-refractivity contribution in [3.63, 3.8) is 0 Å². The number of hydrogen-bond donors (Lipinski definition) is 1. The third kappa shape index (κ3) is 2.23. The van der Waals surface area contributed by atoms with Gasteiger partial charge < -0.3 is 10.6 Å². The fraction of sp³-hybridized carbons (Fsp3) is 0.429. The van der Waals surface area contributed by atoms with Crippen molar-refractivity contribution in [1.82, 2.24) is 4.90 Å². The zero-order valence-electron chi connectivity index (χ0n) is 10.9. The molecule has 96 valence electrons. The molecule has 4 nitrogen and oxygen atoms in total. The lowest BCUT2D eigenvalue weighted by Crippen LogP contribution is -2.40. The van der Waals surface area contributed by atoms with Crippen LogP contribution in [0.2, 0.25) is 0 Å². The van der Waals surface area contributed by atoms with Gasteiger partial charge in [-0.2, -0.15) is 0 Å². The van der Waals surface area contributed by atoms with Crippen molar-refractivity contribution in [3.8, 4) is 0 Å². The molecular weight excluding hydrogens is 226 g/mol. The fourth-order valence-electron chi connectivity index (χ4n) is 2.40. The van der Waals surface area contributed by atoms with E-state index >= 15 is 0 Å². The van der Waals surface area contributed by atoms with Gasteiger partial charge in [0, 0.05) is 12.7 Å². The summed E-state index contributed by atoms with van der Waals surface area (Å²) in [4.78, 5) is 18.1. The number of carbonyl (C=O) groups is 1. The van der Waals surface area contributed by atoms with Gasteiger partial charge in [-0.05, 0) is 24.1 Å². The predicted octanol–water partition coefficient (Wildman–Crippen LogP) is 2.15. The molecule has 1 aliphatic heterocycles. The molecule has 2 rings (SSSR count). The minimum atomic E-state index is -0.437. The molecule has 0 radical (unpaired) electrons. The molecule has 0 unspecified atom stereocenters. The van der Waals surface area contributed by atoms with Crippen molar-refractivity contribution in [2.24, 2.45) is 4.99 Å². The Morgan fingerprint density at radius 3 is 2.89 bits per heavy atom. The van der Waals surface area contributed by atoms with E-state index in [0.29, 0.717) is 12.1 Å². The molecular formula is C14H19N3O. The van der Waals surface area contributed by atoms with Gasteiger partial charge in [0.05, 0.1) is 18.3 Å². The minimum absolute atomic E-state index is 0.0980. The monoisotopic (exact) mass is 245 g/mol. The summed E-state index contributed by atoms with van der Waals surface area (Å²) in [6.07, 6.45) is 3.87. The van der Waals surface area contributed by atoms with Crippen molar-refractivity contribution < 1.29 is 4.79 Å². The average Bonchev–Trinajstić information content (AvgIpc) is 2.34. The average molecular weight is 245 g/mol. The van der Waals surface area contributed by atoms with Crippen molar-refractivity contribution in [2.45, 2.75) is 31.7 Å². The summed E-state index contributed by atoms with van der Waals surface area (Å²) in [5, 5.41) is 0. The maximum atomic E-state index is 11.9. The maximum Gasteiger partial charge on any atom is 0.230 e. The van der Waals surface area contributed by atoms with Crippen molar-refractivity contribution in [2.75, 3.05) is 12.8 Å². The van der Waals surface area contributed by atoms with E-state index in [9.17, 15) is 4.79 Å². The number of hydrogen-bond acceptors (Lipinski definition) is 3. The first-order valence-corrected chi connectivity index (χ1v) is 6.24. The highest BCUT2D eigenvalue weighted by Gasteiger charge is 2.36. The Bertz CT molecular complexity index is 484. The third-order valence-corrected chi connectivity index (χ3v) is 3.40. The van der Waals surface area contributed by atoms with Gasteiger partial charge in [0.1, 0.15) is 0 Å². The van der Waals surface area contributed by atoms with E-state index in [-0.39, 0.29) is 5.91 Å². The summed E-state index contributed by atoms with van der Waals surface area (Å²) in [7, 11) is 1.74. The van der Waals surface area contributed by atoms with Crippen LogP contribution in [0.1, 0.15) is 31.7 Å². The van der Waals surface area contributed by atoms with Gasteiger partial charge in [0.2, 0.25) is 5.91 Å². The highest BCUT2D eigenvalue weighted by Crippen LogP contribution is 2.37. The van der Waals surface area contributed by atoms with E-state index in [1.165, 1.54) is 0 Å². The molecule has 18 heavy (non-hydrogen) atoms. The van der Waals surface area contributed by atoms with E-state index in [1.54, 1.807) is 18.3 Å². The van der Waals surface area contributed by atoms with Gasteiger partial charge in [0.25, 0.3) is 0 Å². The van der Waals surface area contributed by atoms with Crippen LogP contribution in [-0.2, 0) is 10.3 Å². The molecule has 0 saturated carbocycles. The smallest absolute Gasteiger partial charge is 0.230 e. The second kappa shape index (κ2) is 4.80. The molecule has 1 heterocycles. The fourth-order valence-corrected chi connectivity index (χ4v) is 2.40. The summed E-state index contributed by atoms with van der Waals surface area (Å²) in [6.45, 7) is 2.10. The molecule has 0 aliphatic carbocycles. The molecule has 1 aliphatic rings. The Hall–Kier alpha value is -1.84. The standard InChI is InChI=1S/C14H19N3O/c1-3-7-14(9-13(18)17(2)10-16-14)11-5-4-6-12(15)8-11/h4-6,8,10H,3,7,9,15H2,1-2H3/t14-/m0/s1. The summed E-state index contributed by atoms with van der Waals surface area (Å²) >= 11 is 0. The molecule has 1 atom stereocenters. The number of anilines is 1. The number of rotatable bonds is 3. The summed E-state index contributed by atoms with van der Waals surface area (Å²) in [5.41, 5.74) is 7.14. The SMILES string of the molecule is CCC[C@@]1(c2cccc(N)c2)CC(=O)N(C)C=N1. The Morgan fingerprint density at radius 2 is 2.28 bits per heavy atom. The van der Waals surface area contributed by atoms with Crippen LogP contribution in [0.25, 0.3) is 0 Å². The van der Waals surface area contributed by atoms with Gasteiger partial charge in [-0.15, -0.1) is 0 Å². The Kier molecular flexibility index (Phi) is 3.36. The topological polar surface area (TPSA) is 58.7 Å². The number of nitrogens with two attached hydrogens (primary N) is 1. The van der Waals surface area contributed by atoms with E-state index < -0.39 is 5.54 Å². The largest absolute Gasteiger partial charge is 0.399 e. The maximum absolute atomic E-state index is 11.9. The summed E-state index contributed by atoms with van der Waals surface area (Å²) in [5.74, 6) is 0.0980. The Morgan fingerprint density at radius 1 is 1.50 bits per heavy atom. The van der Waals surface area contributed by atoms with Crippen LogP contribution in [0.5, 0.6) is 0 Å².